The molecule has 1 saturated carbocycles. The van der Waals surface area contributed by atoms with Crippen LogP contribution in [0.25, 0.3) is 10.1 Å². The number of rotatable bonds is 12. The average molecular weight is 608 g/mol. The van der Waals surface area contributed by atoms with Gasteiger partial charge in [-0.25, -0.2) is 17.5 Å². The van der Waals surface area contributed by atoms with Gasteiger partial charge in [-0.05, 0) is 72.7 Å². The van der Waals surface area contributed by atoms with Gasteiger partial charge in [0.05, 0.1) is 11.4 Å². The van der Waals surface area contributed by atoms with Crippen LogP contribution < -0.4 is 15.4 Å². The van der Waals surface area contributed by atoms with Gasteiger partial charge in [0.15, 0.2) is 0 Å². The Labute approximate surface area is 243 Å². The molecular weight excluding hydrogens is 573 g/mol. The van der Waals surface area contributed by atoms with Gasteiger partial charge >= 0.3 is 0 Å². The Morgan fingerprint density at radius 1 is 1.07 bits per heavy atom. The minimum atomic E-state index is -3.91. The Kier molecular flexibility index (Phi) is 10.2. The lowest BCUT2D eigenvalue weighted by atomic mass is 9.96. The third kappa shape index (κ3) is 8.02. The zero-order chi connectivity index (χ0) is 28.9. The van der Waals surface area contributed by atoms with Gasteiger partial charge in [0.25, 0.3) is 0 Å². The van der Waals surface area contributed by atoms with Crippen LogP contribution in [0, 0.1) is 23.6 Å². The molecule has 1 aromatic heterocycles. The van der Waals surface area contributed by atoms with E-state index in [4.69, 9.17) is 11.6 Å². The fourth-order valence-corrected chi connectivity index (χ4v) is 7.91. The van der Waals surface area contributed by atoms with E-state index in [1.807, 2.05) is 44.2 Å². The van der Waals surface area contributed by atoms with E-state index in [-0.39, 0.29) is 52.5 Å². The van der Waals surface area contributed by atoms with Crippen LogP contribution in [0.2, 0.25) is 5.02 Å². The van der Waals surface area contributed by atoms with E-state index < -0.39 is 21.9 Å². The Morgan fingerprint density at radius 3 is 2.50 bits per heavy atom. The van der Waals surface area contributed by atoms with Crippen LogP contribution in [0.15, 0.2) is 53.4 Å². The maximum Gasteiger partial charge on any atom is 0.242 e. The summed E-state index contributed by atoms with van der Waals surface area (Å²) in [5, 5.41) is 6.85. The second kappa shape index (κ2) is 13.4. The number of sulfonamides is 1. The molecule has 0 saturated heterocycles. The molecule has 40 heavy (non-hydrogen) atoms. The van der Waals surface area contributed by atoms with E-state index >= 15 is 0 Å². The molecule has 2 unspecified atom stereocenters. The van der Waals surface area contributed by atoms with E-state index in [9.17, 15) is 22.4 Å². The first kappa shape index (κ1) is 30.4. The molecule has 3 aromatic rings. The van der Waals surface area contributed by atoms with E-state index in [0.717, 1.165) is 52.4 Å². The van der Waals surface area contributed by atoms with Crippen molar-refractivity contribution in [2.75, 3.05) is 13.1 Å². The first-order chi connectivity index (χ1) is 19.0. The van der Waals surface area contributed by atoms with Gasteiger partial charge in [0.1, 0.15) is 16.8 Å². The first-order valence-electron chi connectivity index (χ1n) is 13.5. The van der Waals surface area contributed by atoms with Crippen molar-refractivity contribution < 1.29 is 22.4 Å². The molecule has 1 heterocycles. The molecule has 1 fully saturated rings. The summed E-state index contributed by atoms with van der Waals surface area (Å²) in [5.41, 5.74) is 0. The monoisotopic (exact) mass is 607 g/mol. The van der Waals surface area contributed by atoms with Gasteiger partial charge in [-0.15, -0.1) is 11.3 Å². The highest BCUT2D eigenvalue weighted by Gasteiger charge is 2.31. The number of carbonyl (C=O) groups excluding carboxylic acids is 2. The van der Waals surface area contributed by atoms with Gasteiger partial charge in [-0.2, -0.15) is 0 Å². The lowest BCUT2D eigenvalue weighted by molar-refractivity contribution is -0.129. The highest BCUT2D eigenvalue weighted by Crippen LogP contribution is 2.32. The molecule has 3 N–H and O–H groups in total. The number of carbonyl (C=O) groups is 2. The summed E-state index contributed by atoms with van der Waals surface area (Å²) >= 11 is 7.53. The highest BCUT2D eigenvalue weighted by atomic mass is 35.5. The molecular formula is C29H35ClFN3O4S2. The number of thiophene rings is 1. The summed E-state index contributed by atoms with van der Waals surface area (Å²) in [4.78, 5) is 26.8. The van der Waals surface area contributed by atoms with Crippen molar-refractivity contribution in [2.45, 2.75) is 56.9 Å². The summed E-state index contributed by atoms with van der Waals surface area (Å²) < 4.78 is 42.6. The molecule has 1 aliphatic carbocycles. The fraction of sp³-hybridized carbons (Fsp3) is 0.448. The van der Waals surface area contributed by atoms with Crippen LogP contribution in [-0.4, -0.2) is 39.4 Å². The molecule has 3 atom stereocenters. The van der Waals surface area contributed by atoms with Crippen molar-refractivity contribution in [3.8, 4) is 0 Å². The average Bonchev–Trinajstić information content (AvgIpc) is 3.51. The van der Waals surface area contributed by atoms with E-state index in [1.165, 1.54) is 0 Å². The number of halogens is 2. The summed E-state index contributed by atoms with van der Waals surface area (Å²) in [6, 6.07) is 12.5. The van der Waals surface area contributed by atoms with Gasteiger partial charge in [-0.3, -0.25) is 9.59 Å². The zero-order valence-corrected chi connectivity index (χ0v) is 25.0. The Hall–Kier alpha value is -2.53. The van der Waals surface area contributed by atoms with E-state index in [1.54, 1.807) is 11.3 Å². The van der Waals surface area contributed by atoms with Crippen molar-refractivity contribution in [1.29, 1.82) is 0 Å². The van der Waals surface area contributed by atoms with Gasteiger partial charge in [0, 0.05) is 22.7 Å². The summed E-state index contributed by atoms with van der Waals surface area (Å²) in [6.07, 6.45) is 3.32. The predicted octanol–water partition coefficient (Wildman–Crippen LogP) is 5.28. The van der Waals surface area contributed by atoms with Gasteiger partial charge < -0.3 is 10.6 Å². The molecule has 0 aliphatic heterocycles. The molecule has 0 bridgehead atoms. The fourth-order valence-electron chi connectivity index (χ4n) is 5.22. The minimum Gasteiger partial charge on any atom is -0.354 e. The molecule has 2 aromatic carbocycles. The van der Waals surface area contributed by atoms with Crippen molar-refractivity contribution in [3.05, 3.63) is 64.2 Å². The number of amides is 2. The highest BCUT2D eigenvalue weighted by molar-refractivity contribution is 7.89. The van der Waals surface area contributed by atoms with E-state index in [2.05, 4.69) is 15.4 Å². The van der Waals surface area contributed by atoms with Crippen LogP contribution >= 0.6 is 22.9 Å². The molecule has 0 spiro atoms. The normalized spacial score (nSPS) is 18.2. The lowest BCUT2D eigenvalue weighted by Gasteiger charge is -2.24. The molecule has 7 nitrogen and oxygen atoms in total. The minimum absolute atomic E-state index is 0.0281. The molecule has 0 radical (unpaired) electrons. The summed E-state index contributed by atoms with van der Waals surface area (Å²) in [6.45, 7) is 4.59. The van der Waals surface area contributed by atoms with Gasteiger partial charge in [0.2, 0.25) is 21.8 Å². The summed E-state index contributed by atoms with van der Waals surface area (Å²) in [7, 11) is -3.91. The number of fused-ring (bicyclic) bond motifs is 1. The molecule has 216 valence electrons. The largest absolute Gasteiger partial charge is 0.354 e. The molecule has 4 rings (SSSR count). The first-order valence-corrected chi connectivity index (χ1v) is 16.2. The molecule has 1 aliphatic rings. The second-order valence-electron chi connectivity index (χ2n) is 10.8. The smallest absolute Gasteiger partial charge is 0.242 e. The van der Waals surface area contributed by atoms with Gasteiger partial charge in [-0.1, -0.05) is 50.1 Å². The second-order valence-corrected chi connectivity index (χ2v) is 14.1. The SMILES string of the molecule is CC(C)C[C@H](NC(=O)Cc1cc2ccccc2s1)C(=O)NCC1CCCC1CNS(=O)(=O)c1ccc(F)cc1Cl. The van der Waals surface area contributed by atoms with Crippen molar-refractivity contribution in [3.63, 3.8) is 0 Å². The molecule has 2 amide bonds. The number of hydrogen-bond donors (Lipinski definition) is 3. The Morgan fingerprint density at radius 2 is 1.80 bits per heavy atom. The van der Waals surface area contributed by atoms with Crippen LogP contribution in [0.4, 0.5) is 4.39 Å². The van der Waals surface area contributed by atoms with Crippen LogP contribution in [0.5, 0.6) is 0 Å². The van der Waals surface area contributed by atoms with E-state index in [0.29, 0.717) is 13.0 Å². The maximum absolute atomic E-state index is 13.3. The zero-order valence-electron chi connectivity index (χ0n) is 22.6. The summed E-state index contributed by atoms with van der Waals surface area (Å²) in [5.74, 6) is -0.720. The van der Waals surface area contributed by atoms with Crippen molar-refractivity contribution in [2.24, 2.45) is 17.8 Å². The van der Waals surface area contributed by atoms with Crippen LogP contribution in [-0.2, 0) is 26.0 Å². The topological polar surface area (TPSA) is 104 Å². The third-order valence-electron chi connectivity index (χ3n) is 7.24. The lowest BCUT2D eigenvalue weighted by Crippen LogP contribution is -2.49. The number of benzene rings is 2. The number of nitrogens with one attached hydrogen (secondary N) is 3. The van der Waals surface area contributed by atoms with Crippen LogP contribution in [0.3, 0.4) is 0 Å². The quantitative estimate of drug-likeness (QED) is 0.261. The number of hydrogen-bond acceptors (Lipinski definition) is 5. The Bertz CT molecular complexity index is 1430. The Balaban J connectivity index is 1.31. The predicted molar refractivity (Wildman–Crippen MR) is 157 cm³/mol. The van der Waals surface area contributed by atoms with Crippen molar-refractivity contribution >= 4 is 54.9 Å². The standard InChI is InChI=1S/C29H35ClFN3O4S2/c1-18(2)12-25(34-28(35)15-23-13-19-6-3-4-9-26(19)39-23)29(36)32-16-20-7-5-8-21(20)17-33-40(37,38)27-11-10-22(31)14-24(27)30/h3-4,6,9-11,13-14,18,20-21,25,33H,5,7-8,12,15-17H2,1-2H3,(H,32,36)(H,34,35)/t20?,21?,25-/m0/s1. The molecule has 11 heteroatoms. The van der Waals surface area contributed by atoms with Crippen molar-refractivity contribution in [1.82, 2.24) is 15.4 Å². The van der Waals surface area contributed by atoms with Crippen LogP contribution in [0.1, 0.15) is 44.4 Å². The third-order valence-corrected chi connectivity index (χ3v) is 10.3. The maximum atomic E-state index is 13.3.